The van der Waals surface area contributed by atoms with Crippen LogP contribution in [0.15, 0.2) is 0 Å². The van der Waals surface area contributed by atoms with Crippen LogP contribution < -0.4 is 5.32 Å². The van der Waals surface area contributed by atoms with Gasteiger partial charge in [-0.05, 0) is 0 Å². The van der Waals surface area contributed by atoms with Gasteiger partial charge in [0.15, 0.2) is 0 Å². The molecule has 0 aromatic carbocycles. The van der Waals surface area contributed by atoms with Crippen molar-refractivity contribution in [2.24, 2.45) is 0 Å². The van der Waals surface area contributed by atoms with Gasteiger partial charge in [0.1, 0.15) is 6.61 Å². The van der Waals surface area contributed by atoms with Crippen LogP contribution in [-0.4, -0.2) is 26.3 Å². The van der Waals surface area contributed by atoms with Gasteiger partial charge in [-0.2, -0.15) is 0 Å². The first kappa shape index (κ1) is 9.04. The molecule has 0 bridgehead atoms. The quantitative estimate of drug-likeness (QED) is 0.420. The number of terminal acetylenes is 2. The largest absolute Gasteiger partial charge is 0.367 e. The van der Waals surface area contributed by atoms with Crippen molar-refractivity contribution in [2.75, 3.05) is 26.3 Å². The van der Waals surface area contributed by atoms with Crippen LogP contribution in [-0.2, 0) is 4.74 Å². The molecule has 0 fully saturated rings. The van der Waals surface area contributed by atoms with Gasteiger partial charge in [0.2, 0.25) is 0 Å². The Morgan fingerprint density at radius 1 is 1.30 bits per heavy atom. The second kappa shape index (κ2) is 8.04. The maximum atomic E-state index is 4.98. The second-order valence-electron chi connectivity index (χ2n) is 1.64. The van der Waals surface area contributed by atoms with E-state index in [1.165, 1.54) is 0 Å². The van der Waals surface area contributed by atoms with E-state index in [0.29, 0.717) is 19.8 Å². The van der Waals surface area contributed by atoms with Crippen molar-refractivity contribution in [3.63, 3.8) is 0 Å². The maximum absolute atomic E-state index is 4.98. The molecule has 0 amide bonds. The van der Waals surface area contributed by atoms with Crippen LogP contribution in [0.4, 0.5) is 0 Å². The topological polar surface area (TPSA) is 21.3 Å². The molecule has 0 spiro atoms. The summed E-state index contributed by atoms with van der Waals surface area (Å²) < 4.78 is 4.96. The summed E-state index contributed by atoms with van der Waals surface area (Å²) in [6.45, 7) is 2.33. The first-order valence-electron chi connectivity index (χ1n) is 3.07. The molecule has 0 radical (unpaired) electrons. The molecule has 0 aromatic rings. The predicted octanol–water partition coefficient (Wildman–Crippen LogP) is -0.141. The summed E-state index contributed by atoms with van der Waals surface area (Å²) in [5, 5.41) is 2.96. The van der Waals surface area contributed by atoms with E-state index < -0.39 is 0 Å². The third-order valence-electron chi connectivity index (χ3n) is 0.836. The van der Waals surface area contributed by atoms with Crippen molar-refractivity contribution < 1.29 is 4.74 Å². The fraction of sp³-hybridized carbons (Fsp3) is 0.500. The van der Waals surface area contributed by atoms with Gasteiger partial charge in [-0.15, -0.1) is 12.8 Å². The molecule has 0 rings (SSSR count). The number of rotatable bonds is 5. The summed E-state index contributed by atoms with van der Waals surface area (Å²) in [7, 11) is 0. The van der Waals surface area contributed by atoms with Crippen LogP contribution in [0, 0.1) is 24.7 Å². The van der Waals surface area contributed by atoms with Crippen molar-refractivity contribution in [3.8, 4) is 24.7 Å². The summed E-state index contributed by atoms with van der Waals surface area (Å²) in [4.78, 5) is 0. The average molecular weight is 137 g/mol. The highest BCUT2D eigenvalue weighted by Crippen LogP contribution is 1.69. The molecule has 54 valence electrons. The molecule has 0 saturated carbocycles. The van der Waals surface area contributed by atoms with Crippen LogP contribution in [0.25, 0.3) is 0 Å². The zero-order valence-electron chi connectivity index (χ0n) is 5.89. The van der Waals surface area contributed by atoms with Crippen molar-refractivity contribution in [3.05, 3.63) is 0 Å². The van der Waals surface area contributed by atoms with Crippen molar-refractivity contribution in [1.82, 2.24) is 5.32 Å². The average Bonchev–Trinajstić information content (AvgIpc) is 1.97. The summed E-state index contributed by atoms with van der Waals surface area (Å²) in [5.74, 6) is 4.82. The molecule has 0 atom stereocenters. The lowest BCUT2D eigenvalue weighted by molar-refractivity contribution is 0.169. The SMILES string of the molecule is C#CCNCCOCC#C. The molecule has 0 heterocycles. The Bertz CT molecular complexity index is 122. The highest BCUT2D eigenvalue weighted by Gasteiger charge is 1.82. The van der Waals surface area contributed by atoms with Gasteiger partial charge in [0, 0.05) is 6.54 Å². The van der Waals surface area contributed by atoms with E-state index in [-0.39, 0.29) is 0 Å². The number of hydrogen-bond acceptors (Lipinski definition) is 2. The minimum atomic E-state index is 0.373. The highest BCUT2D eigenvalue weighted by molar-refractivity contribution is 4.86. The predicted molar refractivity (Wildman–Crippen MR) is 41.4 cm³/mol. The minimum Gasteiger partial charge on any atom is -0.367 e. The lowest BCUT2D eigenvalue weighted by atomic mass is 10.6. The molecule has 0 aliphatic carbocycles. The third-order valence-corrected chi connectivity index (χ3v) is 0.836. The molecule has 1 N–H and O–H groups in total. The van der Waals surface area contributed by atoms with Gasteiger partial charge in [-0.1, -0.05) is 11.8 Å². The summed E-state index contributed by atoms with van der Waals surface area (Å²) in [6.07, 6.45) is 9.93. The summed E-state index contributed by atoms with van der Waals surface area (Å²) in [5.41, 5.74) is 0. The van der Waals surface area contributed by atoms with E-state index in [1.54, 1.807) is 0 Å². The van der Waals surface area contributed by atoms with Gasteiger partial charge in [0.05, 0.1) is 13.2 Å². The lowest BCUT2D eigenvalue weighted by Crippen LogP contribution is -2.19. The van der Waals surface area contributed by atoms with Crippen LogP contribution in [0.3, 0.4) is 0 Å². The van der Waals surface area contributed by atoms with Crippen LogP contribution in [0.1, 0.15) is 0 Å². The van der Waals surface area contributed by atoms with E-state index in [2.05, 4.69) is 17.2 Å². The van der Waals surface area contributed by atoms with E-state index in [0.717, 1.165) is 6.54 Å². The highest BCUT2D eigenvalue weighted by atomic mass is 16.5. The summed E-state index contributed by atoms with van der Waals surface area (Å²) in [6, 6.07) is 0. The smallest absolute Gasteiger partial charge is 0.107 e. The van der Waals surface area contributed by atoms with Crippen molar-refractivity contribution >= 4 is 0 Å². The van der Waals surface area contributed by atoms with Crippen LogP contribution in [0.2, 0.25) is 0 Å². The Balaban J connectivity index is 2.80. The van der Waals surface area contributed by atoms with Gasteiger partial charge in [-0.3, -0.25) is 0 Å². The fourth-order valence-electron chi connectivity index (χ4n) is 0.436. The molecule has 2 nitrogen and oxygen atoms in total. The standard InChI is InChI=1S/C8H11NO/c1-3-5-9-6-8-10-7-4-2/h1-2,9H,5-8H2. The zero-order valence-corrected chi connectivity index (χ0v) is 5.89. The normalized spacial score (nSPS) is 8.20. The van der Waals surface area contributed by atoms with Gasteiger partial charge >= 0.3 is 0 Å². The van der Waals surface area contributed by atoms with E-state index >= 15 is 0 Å². The molecule has 10 heavy (non-hydrogen) atoms. The Morgan fingerprint density at radius 3 is 2.70 bits per heavy atom. The number of nitrogens with one attached hydrogen (secondary N) is 1. The third kappa shape index (κ3) is 7.04. The van der Waals surface area contributed by atoms with E-state index in [1.807, 2.05) is 0 Å². The molecule has 2 heteroatoms. The molecule has 0 aliphatic rings. The Hall–Kier alpha value is -0.960. The molecule has 0 unspecified atom stereocenters. The molecular formula is C8H11NO. The Labute approximate surface area is 62.0 Å². The van der Waals surface area contributed by atoms with E-state index in [4.69, 9.17) is 17.6 Å². The monoisotopic (exact) mass is 137 g/mol. The Kier molecular flexibility index (Phi) is 7.27. The number of hydrogen-bond donors (Lipinski definition) is 1. The first-order valence-corrected chi connectivity index (χ1v) is 3.07. The lowest BCUT2D eigenvalue weighted by Gasteiger charge is -1.98. The van der Waals surface area contributed by atoms with Crippen LogP contribution >= 0.6 is 0 Å². The molecular weight excluding hydrogens is 126 g/mol. The van der Waals surface area contributed by atoms with Crippen molar-refractivity contribution in [1.29, 1.82) is 0 Å². The fourth-order valence-corrected chi connectivity index (χ4v) is 0.436. The zero-order chi connectivity index (χ0) is 7.66. The first-order chi connectivity index (χ1) is 4.91. The Morgan fingerprint density at radius 2 is 2.10 bits per heavy atom. The molecule has 0 aliphatic heterocycles. The second-order valence-corrected chi connectivity index (χ2v) is 1.64. The van der Waals surface area contributed by atoms with Crippen molar-refractivity contribution in [2.45, 2.75) is 0 Å². The number of ether oxygens (including phenoxy) is 1. The van der Waals surface area contributed by atoms with Gasteiger partial charge < -0.3 is 10.1 Å². The van der Waals surface area contributed by atoms with Crippen LogP contribution in [0.5, 0.6) is 0 Å². The molecule has 0 saturated heterocycles. The maximum Gasteiger partial charge on any atom is 0.107 e. The van der Waals surface area contributed by atoms with Gasteiger partial charge in [0.25, 0.3) is 0 Å². The van der Waals surface area contributed by atoms with Gasteiger partial charge in [-0.25, -0.2) is 0 Å². The van der Waals surface area contributed by atoms with E-state index in [9.17, 15) is 0 Å². The summed E-state index contributed by atoms with van der Waals surface area (Å²) >= 11 is 0. The molecule has 0 aromatic heterocycles. The minimum absolute atomic E-state index is 0.373.